The molecule has 0 aliphatic heterocycles. The summed E-state index contributed by atoms with van der Waals surface area (Å²) in [7, 11) is 0. The van der Waals surface area contributed by atoms with E-state index in [1.54, 1.807) is 12.1 Å². The molecule has 2 nitrogen and oxygen atoms in total. The maximum Gasteiger partial charge on any atom is 0.224 e. The van der Waals surface area contributed by atoms with Crippen LogP contribution < -0.4 is 5.32 Å². The Kier molecular flexibility index (Phi) is 5.46. The molecule has 1 atom stereocenters. The van der Waals surface area contributed by atoms with Gasteiger partial charge in [0.15, 0.2) is 0 Å². The molecule has 0 bridgehead atoms. The summed E-state index contributed by atoms with van der Waals surface area (Å²) >= 11 is 3.43. The van der Waals surface area contributed by atoms with Gasteiger partial charge in [-0.1, -0.05) is 35.0 Å². The van der Waals surface area contributed by atoms with E-state index in [-0.39, 0.29) is 18.1 Å². The predicted molar refractivity (Wildman–Crippen MR) is 66.1 cm³/mol. The van der Waals surface area contributed by atoms with Gasteiger partial charge in [-0.05, 0) is 24.1 Å². The van der Waals surface area contributed by atoms with Crippen molar-refractivity contribution in [2.75, 3.05) is 6.54 Å². The van der Waals surface area contributed by atoms with E-state index in [4.69, 9.17) is 0 Å². The molecule has 1 rings (SSSR count). The van der Waals surface area contributed by atoms with Gasteiger partial charge in [-0.25, -0.2) is 4.39 Å². The van der Waals surface area contributed by atoms with Crippen molar-refractivity contribution in [3.05, 3.63) is 35.6 Å². The molecule has 0 radical (unpaired) electrons. The summed E-state index contributed by atoms with van der Waals surface area (Å²) in [6, 6.07) is 6.10. The second kappa shape index (κ2) is 6.63. The summed E-state index contributed by atoms with van der Waals surface area (Å²) in [5, 5.41) is 2.79. The van der Waals surface area contributed by atoms with Crippen molar-refractivity contribution in [3.8, 4) is 0 Å². The molecule has 0 fully saturated rings. The van der Waals surface area contributed by atoms with Crippen LogP contribution in [-0.2, 0) is 11.2 Å². The van der Waals surface area contributed by atoms with Gasteiger partial charge in [0.1, 0.15) is 5.82 Å². The molecule has 1 amide bonds. The molecule has 0 saturated carbocycles. The first kappa shape index (κ1) is 13.2. The van der Waals surface area contributed by atoms with E-state index in [1.807, 2.05) is 6.92 Å². The third-order valence-corrected chi connectivity index (χ3v) is 3.19. The van der Waals surface area contributed by atoms with Crippen LogP contribution in [0.3, 0.4) is 0 Å². The maximum atomic E-state index is 12.8. The van der Waals surface area contributed by atoms with Gasteiger partial charge in [-0.3, -0.25) is 4.79 Å². The Morgan fingerprint density at radius 3 is 2.94 bits per heavy atom. The van der Waals surface area contributed by atoms with Crippen molar-refractivity contribution < 1.29 is 9.18 Å². The summed E-state index contributed by atoms with van der Waals surface area (Å²) in [6.07, 6.45) is 1.18. The van der Waals surface area contributed by atoms with Gasteiger partial charge in [-0.15, -0.1) is 0 Å². The lowest BCUT2D eigenvalue weighted by Crippen LogP contribution is -2.30. The Hall–Kier alpha value is -0.900. The van der Waals surface area contributed by atoms with Gasteiger partial charge in [0, 0.05) is 11.4 Å². The average Bonchev–Trinajstić information content (AvgIpc) is 2.26. The second-order valence-corrected chi connectivity index (χ2v) is 4.91. The number of alkyl halides is 1. The van der Waals surface area contributed by atoms with Crippen LogP contribution in [0.15, 0.2) is 24.3 Å². The smallest absolute Gasteiger partial charge is 0.224 e. The lowest BCUT2D eigenvalue weighted by molar-refractivity contribution is -0.120. The van der Waals surface area contributed by atoms with Gasteiger partial charge < -0.3 is 5.32 Å². The fourth-order valence-electron chi connectivity index (χ4n) is 1.26. The summed E-state index contributed by atoms with van der Waals surface area (Å²) in [5.41, 5.74) is 0.695. The molecule has 0 saturated heterocycles. The van der Waals surface area contributed by atoms with E-state index in [0.717, 1.165) is 6.42 Å². The number of carbonyl (C=O) groups is 1. The lowest BCUT2D eigenvalue weighted by atomic mass is 10.1. The Morgan fingerprint density at radius 2 is 2.31 bits per heavy atom. The molecular formula is C12H15BrFNO. The molecule has 0 heterocycles. The van der Waals surface area contributed by atoms with Gasteiger partial charge >= 0.3 is 0 Å². The standard InChI is InChI=1S/C12H15BrFNO/c1-2-10(13)8-15-12(16)7-9-4-3-5-11(14)6-9/h3-6,10H,2,7-8H2,1H3,(H,15,16). The van der Waals surface area contributed by atoms with Gasteiger partial charge in [0.25, 0.3) is 0 Å². The molecule has 1 N–H and O–H groups in total. The minimum atomic E-state index is -0.308. The fraction of sp³-hybridized carbons (Fsp3) is 0.417. The molecule has 0 aliphatic carbocycles. The van der Waals surface area contributed by atoms with E-state index >= 15 is 0 Å². The van der Waals surface area contributed by atoms with Crippen molar-refractivity contribution in [1.82, 2.24) is 5.32 Å². The maximum absolute atomic E-state index is 12.8. The first-order chi connectivity index (χ1) is 7.61. The molecule has 1 aromatic carbocycles. The third-order valence-electron chi connectivity index (χ3n) is 2.22. The van der Waals surface area contributed by atoms with E-state index in [2.05, 4.69) is 21.2 Å². The third kappa shape index (κ3) is 4.75. The normalized spacial score (nSPS) is 12.2. The van der Waals surface area contributed by atoms with Crippen LogP contribution in [0, 0.1) is 5.82 Å². The van der Waals surface area contributed by atoms with Crippen molar-refractivity contribution in [3.63, 3.8) is 0 Å². The van der Waals surface area contributed by atoms with E-state index in [0.29, 0.717) is 16.9 Å². The quantitative estimate of drug-likeness (QED) is 0.829. The van der Waals surface area contributed by atoms with Crippen LogP contribution in [0.5, 0.6) is 0 Å². The molecule has 1 unspecified atom stereocenters. The van der Waals surface area contributed by atoms with Crippen LogP contribution in [-0.4, -0.2) is 17.3 Å². The number of amides is 1. The summed E-state index contributed by atoms with van der Waals surface area (Å²) in [4.78, 5) is 11.8. The molecule has 1 aromatic rings. The molecule has 4 heteroatoms. The molecule has 0 spiro atoms. The van der Waals surface area contributed by atoms with Crippen LogP contribution in [0.4, 0.5) is 4.39 Å². The number of benzene rings is 1. The van der Waals surface area contributed by atoms with Crippen molar-refractivity contribution in [1.29, 1.82) is 0 Å². The van der Waals surface area contributed by atoms with Crippen molar-refractivity contribution in [2.24, 2.45) is 0 Å². The monoisotopic (exact) mass is 287 g/mol. The SMILES string of the molecule is CCC(Br)CNC(=O)Cc1cccc(F)c1. The fourth-order valence-corrected chi connectivity index (χ4v) is 1.43. The highest BCUT2D eigenvalue weighted by Gasteiger charge is 2.06. The van der Waals surface area contributed by atoms with Crippen LogP contribution in [0.25, 0.3) is 0 Å². The zero-order chi connectivity index (χ0) is 12.0. The Morgan fingerprint density at radius 1 is 1.56 bits per heavy atom. The highest BCUT2D eigenvalue weighted by molar-refractivity contribution is 9.09. The van der Waals surface area contributed by atoms with Gasteiger partial charge in [-0.2, -0.15) is 0 Å². The molecule has 88 valence electrons. The summed E-state index contributed by atoms with van der Waals surface area (Å²) in [5.74, 6) is -0.388. The Bertz CT molecular complexity index is 357. The predicted octanol–water partition coefficient (Wildman–Crippen LogP) is 2.66. The first-order valence-corrected chi connectivity index (χ1v) is 6.18. The summed E-state index contributed by atoms with van der Waals surface area (Å²) in [6.45, 7) is 2.64. The largest absolute Gasteiger partial charge is 0.355 e. The topological polar surface area (TPSA) is 29.1 Å². The minimum absolute atomic E-state index is 0.0801. The molecule has 0 aliphatic rings. The number of halogens is 2. The van der Waals surface area contributed by atoms with Crippen molar-refractivity contribution >= 4 is 21.8 Å². The highest BCUT2D eigenvalue weighted by Crippen LogP contribution is 2.05. The minimum Gasteiger partial charge on any atom is -0.355 e. The Balaban J connectivity index is 2.40. The average molecular weight is 288 g/mol. The number of carbonyl (C=O) groups excluding carboxylic acids is 1. The van der Waals surface area contributed by atoms with E-state index in [1.165, 1.54) is 12.1 Å². The van der Waals surface area contributed by atoms with E-state index in [9.17, 15) is 9.18 Å². The molecule has 0 aromatic heterocycles. The molecular weight excluding hydrogens is 273 g/mol. The second-order valence-electron chi connectivity index (χ2n) is 3.62. The van der Waals surface area contributed by atoms with Crippen LogP contribution in [0.2, 0.25) is 0 Å². The lowest BCUT2D eigenvalue weighted by Gasteiger charge is -2.08. The number of hydrogen-bond acceptors (Lipinski definition) is 1. The molecule has 16 heavy (non-hydrogen) atoms. The van der Waals surface area contributed by atoms with Gasteiger partial charge in [0.05, 0.1) is 6.42 Å². The zero-order valence-electron chi connectivity index (χ0n) is 9.17. The van der Waals surface area contributed by atoms with Crippen LogP contribution >= 0.6 is 15.9 Å². The van der Waals surface area contributed by atoms with Crippen LogP contribution in [0.1, 0.15) is 18.9 Å². The number of rotatable bonds is 5. The number of nitrogens with one attached hydrogen (secondary N) is 1. The number of hydrogen-bond donors (Lipinski definition) is 1. The van der Waals surface area contributed by atoms with Gasteiger partial charge in [0.2, 0.25) is 5.91 Å². The summed E-state index contributed by atoms with van der Waals surface area (Å²) < 4.78 is 12.8. The Labute approximate surface area is 103 Å². The highest BCUT2D eigenvalue weighted by atomic mass is 79.9. The first-order valence-electron chi connectivity index (χ1n) is 5.27. The van der Waals surface area contributed by atoms with E-state index < -0.39 is 0 Å². The van der Waals surface area contributed by atoms with Crippen molar-refractivity contribution in [2.45, 2.75) is 24.6 Å². The zero-order valence-corrected chi connectivity index (χ0v) is 10.8.